The molecule has 2 heterocycles. The first kappa shape index (κ1) is 20.2. The van der Waals surface area contributed by atoms with Gasteiger partial charge in [0.25, 0.3) is 5.91 Å². The van der Waals surface area contributed by atoms with Crippen molar-refractivity contribution in [3.63, 3.8) is 0 Å². The molecule has 0 saturated carbocycles. The van der Waals surface area contributed by atoms with Crippen molar-refractivity contribution < 1.29 is 4.79 Å². The van der Waals surface area contributed by atoms with Crippen LogP contribution in [0.1, 0.15) is 34.3 Å². The van der Waals surface area contributed by atoms with Crippen LogP contribution in [0.3, 0.4) is 0 Å². The Hall–Kier alpha value is -3.06. The molecule has 0 spiro atoms. The van der Waals surface area contributed by atoms with Crippen LogP contribution in [0.25, 0.3) is 0 Å². The van der Waals surface area contributed by atoms with E-state index in [-0.39, 0.29) is 5.91 Å². The Labute approximate surface area is 177 Å². The van der Waals surface area contributed by atoms with Gasteiger partial charge in [-0.05, 0) is 60.0 Å². The first-order valence-corrected chi connectivity index (χ1v) is 10.5. The highest BCUT2D eigenvalue weighted by Crippen LogP contribution is 2.18. The molecule has 1 aliphatic rings. The molecule has 0 aliphatic carbocycles. The van der Waals surface area contributed by atoms with Crippen LogP contribution in [0, 0.1) is 0 Å². The van der Waals surface area contributed by atoms with Gasteiger partial charge in [0.1, 0.15) is 6.33 Å². The number of benzene rings is 2. The minimum absolute atomic E-state index is 0.116. The molecule has 1 saturated heterocycles. The summed E-state index contributed by atoms with van der Waals surface area (Å²) in [6, 6.07) is 18.7. The monoisotopic (exact) mass is 404 g/mol. The number of rotatable bonds is 7. The predicted molar refractivity (Wildman–Crippen MR) is 115 cm³/mol. The van der Waals surface area contributed by atoms with Crippen molar-refractivity contribution in [1.82, 2.24) is 30.0 Å². The molecule has 1 aliphatic heterocycles. The smallest absolute Gasteiger partial charge is 0.253 e. The van der Waals surface area contributed by atoms with Crippen LogP contribution >= 0.6 is 0 Å². The summed E-state index contributed by atoms with van der Waals surface area (Å²) in [7, 11) is 2.18. The van der Waals surface area contributed by atoms with Gasteiger partial charge in [-0.15, -0.1) is 5.10 Å². The van der Waals surface area contributed by atoms with Gasteiger partial charge in [0.05, 0.1) is 6.54 Å². The zero-order valence-corrected chi connectivity index (χ0v) is 17.4. The zero-order valence-electron chi connectivity index (χ0n) is 17.4. The third kappa shape index (κ3) is 5.10. The number of hydrogen-bond acceptors (Lipinski definition) is 5. The quantitative estimate of drug-likeness (QED) is 0.605. The summed E-state index contributed by atoms with van der Waals surface area (Å²) in [5.41, 5.74) is 3.16. The topological polar surface area (TPSA) is 67.2 Å². The van der Waals surface area contributed by atoms with Crippen LogP contribution in [-0.4, -0.2) is 68.6 Å². The maximum Gasteiger partial charge on any atom is 0.253 e. The van der Waals surface area contributed by atoms with E-state index in [1.807, 2.05) is 29.2 Å². The van der Waals surface area contributed by atoms with E-state index < -0.39 is 0 Å². The molecule has 0 N–H and O–H groups in total. The van der Waals surface area contributed by atoms with Crippen LogP contribution in [0.15, 0.2) is 60.9 Å². The molecule has 1 aromatic heterocycles. The van der Waals surface area contributed by atoms with Gasteiger partial charge in [-0.1, -0.05) is 42.5 Å². The number of tetrazole rings is 1. The first-order valence-electron chi connectivity index (χ1n) is 10.5. The fraction of sp³-hybridized carbons (Fsp3) is 0.391. The van der Waals surface area contributed by atoms with Gasteiger partial charge in [-0.3, -0.25) is 4.79 Å². The zero-order chi connectivity index (χ0) is 20.8. The van der Waals surface area contributed by atoms with Gasteiger partial charge in [0, 0.05) is 31.2 Å². The summed E-state index contributed by atoms with van der Waals surface area (Å²) >= 11 is 0. The SMILES string of the molecule is CN(CCc1ccccc1)[C@@H]1CCCN(C(=O)c2ccc(Cn3cnnn3)cc2)C1. The Morgan fingerprint density at radius 1 is 1.10 bits per heavy atom. The Kier molecular flexibility index (Phi) is 6.49. The van der Waals surface area contributed by atoms with Gasteiger partial charge in [-0.2, -0.15) is 0 Å². The largest absolute Gasteiger partial charge is 0.337 e. The average molecular weight is 405 g/mol. The maximum atomic E-state index is 13.0. The molecule has 0 unspecified atom stereocenters. The number of likely N-dealkylation sites (N-methyl/N-ethyl adjacent to an activating group) is 1. The van der Waals surface area contributed by atoms with Crippen molar-refractivity contribution in [1.29, 1.82) is 0 Å². The van der Waals surface area contributed by atoms with E-state index in [2.05, 4.69) is 57.8 Å². The van der Waals surface area contributed by atoms with Crippen LogP contribution in [0.4, 0.5) is 0 Å². The number of likely N-dealkylation sites (tertiary alicyclic amines) is 1. The third-order valence-corrected chi connectivity index (χ3v) is 5.84. The summed E-state index contributed by atoms with van der Waals surface area (Å²) in [6.45, 7) is 3.22. The number of amides is 1. The van der Waals surface area contributed by atoms with E-state index >= 15 is 0 Å². The highest BCUT2D eigenvalue weighted by atomic mass is 16.2. The summed E-state index contributed by atoms with van der Waals surface area (Å²) in [4.78, 5) is 17.5. The Morgan fingerprint density at radius 2 is 1.90 bits per heavy atom. The molecule has 1 atom stereocenters. The molecule has 4 rings (SSSR count). The molecule has 7 heteroatoms. The Morgan fingerprint density at radius 3 is 2.63 bits per heavy atom. The lowest BCUT2D eigenvalue weighted by molar-refractivity contribution is 0.0611. The molecule has 1 amide bonds. The summed E-state index contributed by atoms with van der Waals surface area (Å²) in [5, 5.41) is 11.2. The highest BCUT2D eigenvalue weighted by molar-refractivity contribution is 5.94. The van der Waals surface area contributed by atoms with Gasteiger partial charge in [0.15, 0.2) is 0 Å². The fourth-order valence-electron chi connectivity index (χ4n) is 4.01. The van der Waals surface area contributed by atoms with E-state index in [4.69, 9.17) is 0 Å². The summed E-state index contributed by atoms with van der Waals surface area (Å²) in [5.74, 6) is 0.116. The minimum Gasteiger partial charge on any atom is -0.337 e. The normalized spacial score (nSPS) is 16.7. The van der Waals surface area contributed by atoms with Crippen LogP contribution in [-0.2, 0) is 13.0 Å². The Bertz CT molecular complexity index is 926. The van der Waals surface area contributed by atoms with Crippen molar-refractivity contribution in [3.8, 4) is 0 Å². The van der Waals surface area contributed by atoms with Crippen molar-refractivity contribution in [2.75, 3.05) is 26.7 Å². The number of hydrogen-bond donors (Lipinski definition) is 0. The van der Waals surface area contributed by atoms with E-state index in [0.29, 0.717) is 12.6 Å². The number of carbonyl (C=O) groups is 1. The maximum absolute atomic E-state index is 13.0. The first-order chi connectivity index (χ1) is 14.7. The lowest BCUT2D eigenvalue weighted by Crippen LogP contribution is -2.49. The summed E-state index contributed by atoms with van der Waals surface area (Å²) < 4.78 is 1.66. The molecule has 1 fully saturated rings. The van der Waals surface area contributed by atoms with E-state index in [9.17, 15) is 4.79 Å². The lowest BCUT2D eigenvalue weighted by Gasteiger charge is -2.37. The van der Waals surface area contributed by atoms with Crippen molar-refractivity contribution in [2.24, 2.45) is 0 Å². The second kappa shape index (κ2) is 9.63. The molecule has 2 aromatic carbocycles. The minimum atomic E-state index is 0.116. The second-order valence-electron chi connectivity index (χ2n) is 7.97. The van der Waals surface area contributed by atoms with Crippen molar-refractivity contribution >= 4 is 5.91 Å². The second-order valence-corrected chi connectivity index (χ2v) is 7.97. The number of carbonyl (C=O) groups excluding carboxylic acids is 1. The fourth-order valence-corrected chi connectivity index (χ4v) is 4.01. The predicted octanol–water partition coefficient (Wildman–Crippen LogP) is 2.50. The van der Waals surface area contributed by atoms with Crippen molar-refractivity contribution in [2.45, 2.75) is 31.8 Å². The molecular weight excluding hydrogens is 376 g/mol. The van der Waals surface area contributed by atoms with E-state index in [0.717, 1.165) is 50.0 Å². The number of nitrogens with zero attached hydrogens (tertiary/aromatic N) is 6. The lowest BCUT2D eigenvalue weighted by atomic mass is 10.0. The molecular formula is C23H28N6O. The van der Waals surface area contributed by atoms with Gasteiger partial charge in [-0.25, -0.2) is 4.68 Å². The van der Waals surface area contributed by atoms with Gasteiger partial charge < -0.3 is 9.80 Å². The molecule has 0 bridgehead atoms. The standard InChI is InChI=1S/C23H28N6O/c1-27(15-13-19-6-3-2-4-7-19)22-8-5-14-28(17-22)23(30)21-11-9-20(10-12-21)16-29-18-24-25-26-29/h2-4,6-7,9-12,18,22H,5,8,13-17H2,1H3/t22-/m1/s1. The van der Waals surface area contributed by atoms with E-state index in [1.54, 1.807) is 11.0 Å². The molecule has 7 nitrogen and oxygen atoms in total. The van der Waals surface area contributed by atoms with Crippen LogP contribution in [0.5, 0.6) is 0 Å². The van der Waals surface area contributed by atoms with Gasteiger partial charge >= 0.3 is 0 Å². The molecule has 30 heavy (non-hydrogen) atoms. The molecule has 3 aromatic rings. The highest BCUT2D eigenvalue weighted by Gasteiger charge is 2.26. The van der Waals surface area contributed by atoms with Crippen molar-refractivity contribution in [3.05, 3.63) is 77.6 Å². The molecule has 156 valence electrons. The third-order valence-electron chi connectivity index (χ3n) is 5.84. The van der Waals surface area contributed by atoms with E-state index in [1.165, 1.54) is 5.56 Å². The van der Waals surface area contributed by atoms with Gasteiger partial charge in [0.2, 0.25) is 0 Å². The van der Waals surface area contributed by atoms with Crippen LogP contribution < -0.4 is 0 Å². The van der Waals surface area contributed by atoms with Crippen LogP contribution in [0.2, 0.25) is 0 Å². The number of piperidine rings is 1. The Balaban J connectivity index is 1.32. The average Bonchev–Trinajstić information content (AvgIpc) is 3.31. The number of aromatic nitrogens is 4. The summed E-state index contributed by atoms with van der Waals surface area (Å²) in [6.07, 6.45) is 4.80. The molecule has 0 radical (unpaired) electrons.